The number of nitrogens with zero attached hydrogens (tertiary/aromatic N) is 1. The number of hydrogen-bond donors (Lipinski definition) is 1. The van der Waals surface area contributed by atoms with Crippen molar-refractivity contribution < 1.29 is 9.90 Å². The summed E-state index contributed by atoms with van der Waals surface area (Å²) in [4.78, 5) is 13.1. The minimum atomic E-state index is -0.648. The lowest BCUT2D eigenvalue weighted by atomic mass is 9.88. The number of hydrogen-bond acceptors (Lipinski definition) is 2. The Balaban J connectivity index is 1.75. The molecule has 1 N–H and O–H groups in total. The molecule has 0 aromatic rings. The number of carboxylic acids is 1. The highest BCUT2D eigenvalue weighted by Crippen LogP contribution is 2.31. The van der Waals surface area contributed by atoms with Crippen molar-refractivity contribution in [1.29, 1.82) is 0 Å². The lowest BCUT2D eigenvalue weighted by Gasteiger charge is -2.47. The van der Waals surface area contributed by atoms with Gasteiger partial charge in [0.1, 0.15) is 0 Å². The summed E-state index contributed by atoms with van der Waals surface area (Å²) in [6.07, 6.45) is 9.21. The number of aliphatic carboxylic acids is 1. The van der Waals surface area contributed by atoms with Crippen molar-refractivity contribution in [2.24, 2.45) is 0 Å². The van der Waals surface area contributed by atoms with Crippen LogP contribution in [0.3, 0.4) is 0 Å². The van der Waals surface area contributed by atoms with Crippen LogP contribution < -0.4 is 0 Å². The minimum absolute atomic E-state index is 0.341. The second-order valence-electron chi connectivity index (χ2n) is 4.90. The molecule has 1 saturated carbocycles. The van der Waals surface area contributed by atoms with Crippen molar-refractivity contribution in [3.05, 3.63) is 0 Å². The van der Waals surface area contributed by atoms with Crippen molar-refractivity contribution in [1.82, 2.24) is 4.90 Å². The third-order valence-electron chi connectivity index (χ3n) is 3.92. The molecule has 0 aromatic carbocycles. The predicted octanol–water partition coefficient (Wildman–Crippen LogP) is 2.26. The van der Waals surface area contributed by atoms with Gasteiger partial charge in [0.15, 0.2) is 0 Å². The molecule has 0 radical (unpaired) electrons. The average Bonchev–Trinajstić information content (AvgIpc) is 2.17. The van der Waals surface area contributed by atoms with Gasteiger partial charge in [-0.1, -0.05) is 19.3 Å². The Kier molecular flexibility index (Phi) is 3.62. The molecule has 3 nitrogen and oxygen atoms in total. The molecule has 86 valence electrons. The van der Waals surface area contributed by atoms with E-state index in [1.807, 2.05) is 0 Å². The van der Waals surface area contributed by atoms with E-state index in [4.69, 9.17) is 5.11 Å². The van der Waals surface area contributed by atoms with Crippen LogP contribution in [-0.2, 0) is 4.79 Å². The topological polar surface area (TPSA) is 40.5 Å². The zero-order valence-corrected chi connectivity index (χ0v) is 9.32. The molecule has 1 aliphatic carbocycles. The van der Waals surface area contributed by atoms with E-state index in [-0.39, 0.29) is 0 Å². The van der Waals surface area contributed by atoms with Crippen molar-refractivity contribution in [3.8, 4) is 0 Å². The van der Waals surface area contributed by atoms with Gasteiger partial charge >= 0.3 is 5.97 Å². The first kappa shape index (κ1) is 10.9. The van der Waals surface area contributed by atoms with Gasteiger partial charge in [-0.3, -0.25) is 9.69 Å². The van der Waals surface area contributed by atoms with Crippen LogP contribution in [0.15, 0.2) is 0 Å². The summed E-state index contributed by atoms with van der Waals surface area (Å²) >= 11 is 0. The van der Waals surface area contributed by atoms with Crippen LogP contribution in [0, 0.1) is 0 Å². The third-order valence-corrected chi connectivity index (χ3v) is 3.92. The fraction of sp³-hybridized carbons (Fsp3) is 0.917. The van der Waals surface area contributed by atoms with Crippen molar-refractivity contribution >= 4 is 5.97 Å². The van der Waals surface area contributed by atoms with Gasteiger partial charge in [-0.2, -0.15) is 0 Å². The first-order valence-electron chi connectivity index (χ1n) is 6.25. The monoisotopic (exact) mass is 211 g/mol. The Bertz CT molecular complexity index is 224. The molecule has 2 rings (SSSR count). The summed E-state index contributed by atoms with van der Waals surface area (Å²) < 4.78 is 0. The van der Waals surface area contributed by atoms with E-state index in [1.54, 1.807) is 0 Å². The number of carbonyl (C=O) groups is 1. The van der Waals surface area contributed by atoms with Crippen LogP contribution in [0.2, 0.25) is 0 Å². The van der Waals surface area contributed by atoms with Crippen LogP contribution in [0.1, 0.15) is 51.4 Å². The number of rotatable bonds is 4. The van der Waals surface area contributed by atoms with Gasteiger partial charge in [0.25, 0.3) is 0 Å². The second kappa shape index (κ2) is 4.97. The molecular formula is C12H21NO2. The highest BCUT2D eigenvalue weighted by molar-refractivity contribution is 5.66. The maximum Gasteiger partial charge on any atom is 0.303 e. The molecule has 2 aliphatic rings. The Morgan fingerprint density at radius 1 is 1.20 bits per heavy atom. The van der Waals surface area contributed by atoms with Crippen molar-refractivity contribution in [3.63, 3.8) is 0 Å². The Labute approximate surface area is 91.5 Å². The summed E-state index contributed by atoms with van der Waals surface area (Å²) in [5.74, 6) is -0.648. The van der Waals surface area contributed by atoms with Gasteiger partial charge < -0.3 is 5.11 Å². The molecule has 0 aromatic heterocycles. The first-order chi connectivity index (χ1) is 7.27. The zero-order valence-electron chi connectivity index (χ0n) is 9.32. The third kappa shape index (κ3) is 2.71. The highest BCUT2D eigenvalue weighted by atomic mass is 16.4. The Morgan fingerprint density at radius 3 is 2.47 bits per heavy atom. The fourth-order valence-corrected chi connectivity index (χ4v) is 2.95. The fourth-order valence-electron chi connectivity index (χ4n) is 2.95. The van der Waals surface area contributed by atoms with E-state index in [0.29, 0.717) is 12.5 Å². The smallest absolute Gasteiger partial charge is 0.303 e. The molecule has 3 heteroatoms. The predicted molar refractivity (Wildman–Crippen MR) is 58.9 cm³/mol. The van der Waals surface area contributed by atoms with Gasteiger partial charge in [-0.15, -0.1) is 0 Å². The normalized spacial score (nSPS) is 28.7. The van der Waals surface area contributed by atoms with E-state index in [0.717, 1.165) is 12.5 Å². The Morgan fingerprint density at radius 2 is 1.93 bits per heavy atom. The second-order valence-corrected chi connectivity index (χ2v) is 4.90. The molecule has 15 heavy (non-hydrogen) atoms. The van der Waals surface area contributed by atoms with Gasteiger partial charge in [0.05, 0.1) is 0 Å². The molecule has 2 fully saturated rings. The molecule has 1 atom stereocenters. The van der Waals surface area contributed by atoms with Crippen LogP contribution >= 0.6 is 0 Å². The lowest BCUT2D eigenvalue weighted by Crippen LogP contribution is -2.53. The van der Waals surface area contributed by atoms with Crippen molar-refractivity contribution in [2.45, 2.75) is 63.5 Å². The molecular weight excluding hydrogens is 190 g/mol. The molecule has 0 spiro atoms. The van der Waals surface area contributed by atoms with Crippen LogP contribution in [0.25, 0.3) is 0 Å². The summed E-state index contributed by atoms with van der Waals surface area (Å²) in [6, 6.07) is 1.34. The summed E-state index contributed by atoms with van der Waals surface area (Å²) in [5, 5.41) is 8.66. The summed E-state index contributed by atoms with van der Waals surface area (Å²) in [7, 11) is 0. The zero-order chi connectivity index (χ0) is 10.7. The van der Waals surface area contributed by atoms with E-state index < -0.39 is 5.97 Å². The highest BCUT2D eigenvalue weighted by Gasteiger charge is 2.34. The molecule has 1 unspecified atom stereocenters. The van der Waals surface area contributed by atoms with Gasteiger partial charge in [-0.25, -0.2) is 0 Å². The molecule has 1 saturated heterocycles. The summed E-state index contributed by atoms with van der Waals surface area (Å²) in [6.45, 7) is 1.20. The lowest BCUT2D eigenvalue weighted by molar-refractivity contribution is -0.137. The molecule has 1 aliphatic heterocycles. The van der Waals surface area contributed by atoms with Crippen LogP contribution in [0.5, 0.6) is 0 Å². The quantitative estimate of drug-likeness (QED) is 0.775. The van der Waals surface area contributed by atoms with Crippen LogP contribution in [0.4, 0.5) is 0 Å². The van der Waals surface area contributed by atoms with Gasteiger partial charge in [0.2, 0.25) is 0 Å². The van der Waals surface area contributed by atoms with E-state index in [1.165, 1.54) is 45.1 Å². The number of likely N-dealkylation sites (tertiary alicyclic amines) is 1. The molecule has 0 amide bonds. The van der Waals surface area contributed by atoms with Crippen LogP contribution in [-0.4, -0.2) is 34.6 Å². The van der Waals surface area contributed by atoms with Gasteiger partial charge in [0, 0.05) is 25.0 Å². The largest absolute Gasteiger partial charge is 0.481 e. The van der Waals surface area contributed by atoms with E-state index >= 15 is 0 Å². The SMILES string of the molecule is O=C(O)CCC1CCN1C1CCCCC1. The molecule has 0 bridgehead atoms. The first-order valence-corrected chi connectivity index (χ1v) is 6.25. The summed E-state index contributed by atoms with van der Waals surface area (Å²) in [5.41, 5.74) is 0. The van der Waals surface area contributed by atoms with E-state index in [9.17, 15) is 4.79 Å². The van der Waals surface area contributed by atoms with E-state index in [2.05, 4.69) is 4.90 Å². The number of carboxylic acid groups (broad SMARTS) is 1. The standard InChI is InChI=1S/C12H21NO2/c14-12(15)7-6-11-8-9-13(11)10-4-2-1-3-5-10/h10-11H,1-9H2,(H,14,15). The average molecular weight is 211 g/mol. The Hall–Kier alpha value is -0.570. The maximum absolute atomic E-state index is 10.5. The minimum Gasteiger partial charge on any atom is -0.481 e. The molecule has 1 heterocycles. The maximum atomic E-state index is 10.5. The van der Waals surface area contributed by atoms with Crippen molar-refractivity contribution in [2.75, 3.05) is 6.54 Å². The van der Waals surface area contributed by atoms with Gasteiger partial charge in [-0.05, 0) is 25.7 Å².